The first kappa shape index (κ1) is 17.9. The van der Waals surface area contributed by atoms with E-state index in [4.69, 9.17) is 10.1 Å². The molecular formula is C22H27N7O. The zero-order chi connectivity index (χ0) is 20.1. The van der Waals surface area contributed by atoms with Crippen LogP contribution in [-0.4, -0.2) is 61.8 Å². The number of anilines is 1. The van der Waals surface area contributed by atoms with Crippen molar-refractivity contribution in [3.05, 3.63) is 40.6 Å². The molecule has 4 heterocycles. The molecule has 3 aromatic rings. The Hall–Kier alpha value is -2.90. The number of rotatable bonds is 2. The molecule has 0 atom stereocenters. The van der Waals surface area contributed by atoms with E-state index >= 15 is 0 Å². The van der Waals surface area contributed by atoms with Crippen molar-refractivity contribution < 1.29 is 4.79 Å². The quantitative estimate of drug-likeness (QED) is 0.707. The minimum Gasteiger partial charge on any atom is -0.351 e. The second-order valence-corrected chi connectivity index (χ2v) is 8.69. The highest BCUT2D eigenvalue weighted by atomic mass is 16.2. The number of H-pyrrole nitrogens is 1. The molecule has 2 aliphatic carbocycles. The summed E-state index contributed by atoms with van der Waals surface area (Å²) in [6.45, 7) is 2.95. The molecule has 1 saturated heterocycles. The van der Waals surface area contributed by atoms with Gasteiger partial charge in [0.15, 0.2) is 11.5 Å². The van der Waals surface area contributed by atoms with Gasteiger partial charge >= 0.3 is 0 Å². The third kappa shape index (κ3) is 2.80. The zero-order valence-corrected chi connectivity index (χ0v) is 17.2. The first-order valence-corrected chi connectivity index (χ1v) is 11.2. The summed E-state index contributed by atoms with van der Waals surface area (Å²) >= 11 is 0. The average molecular weight is 406 g/mol. The topological polar surface area (TPSA) is 82.4 Å². The van der Waals surface area contributed by atoms with Gasteiger partial charge in [-0.05, 0) is 51.4 Å². The van der Waals surface area contributed by atoms with E-state index in [9.17, 15) is 4.79 Å². The SMILES string of the molecule is O=C(c1n[nH]c2c1CCCC2)N1CCN(c2nccn3nc4c(c23)CCCC4)CC1. The maximum Gasteiger partial charge on any atom is 0.274 e. The molecule has 8 nitrogen and oxygen atoms in total. The number of carbonyl (C=O) groups excluding carboxylic acids is 1. The fraction of sp³-hybridized carbons (Fsp3) is 0.545. The van der Waals surface area contributed by atoms with Gasteiger partial charge in [-0.3, -0.25) is 9.89 Å². The molecule has 0 unspecified atom stereocenters. The lowest BCUT2D eigenvalue weighted by atomic mass is 9.95. The normalized spacial score (nSPS) is 19.1. The number of amides is 1. The Balaban J connectivity index is 1.23. The molecule has 1 amide bonds. The van der Waals surface area contributed by atoms with Crippen LogP contribution in [0.15, 0.2) is 12.4 Å². The summed E-state index contributed by atoms with van der Waals surface area (Å²) in [6, 6.07) is 0. The number of nitrogens with zero attached hydrogens (tertiary/aromatic N) is 6. The summed E-state index contributed by atoms with van der Waals surface area (Å²) < 4.78 is 2.01. The summed E-state index contributed by atoms with van der Waals surface area (Å²) in [5.74, 6) is 1.08. The Kier molecular flexibility index (Phi) is 4.24. The summed E-state index contributed by atoms with van der Waals surface area (Å²) in [7, 11) is 0. The van der Waals surface area contributed by atoms with Crippen LogP contribution < -0.4 is 4.90 Å². The monoisotopic (exact) mass is 405 g/mol. The Morgan fingerprint density at radius 3 is 2.57 bits per heavy atom. The van der Waals surface area contributed by atoms with Crippen LogP contribution in [0.2, 0.25) is 0 Å². The number of hydrogen-bond donors (Lipinski definition) is 1. The summed E-state index contributed by atoms with van der Waals surface area (Å²) in [5, 5.41) is 12.3. The molecule has 3 aromatic heterocycles. The molecular weight excluding hydrogens is 378 g/mol. The fourth-order valence-electron chi connectivity index (χ4n) is 5.31. The van der Waals surface area contributed by atoms with E-state index in [0.717, 1.165) is 67.8 Å². The molecule has 0 spiro atoms. The highest BCUT2D eigenvalue weighted by Gasteiger charge is 2.30. The molecule has 3 aliphatic rings. The number of hydrogen-bond acceptors (Lipinski definition) is 5. The number of carbonyl (C=O) groups is 1. The molecule has 30 heavy (non-hydrogen) atoms. The molecule has 1 N–H and O–H groups in total. The van der Waals surface area contributed by atoms with Crippen LogP contribution >= 0.6 is 0 Å². The van der Waals surface area contributed by atoms with E-state index in [1.165, 1.54) is 30.5 Å². The number of aryl methyl sites for hydroxylation is 3. The molecule has 0 bridgehead atoms. The molecule has 8 heteroatoms. The lowest BCUT2D eigenvalue weighted by Crippen LogP contribution is -2.49. The van der Waals surface area contributed by atoms with Crippen LogP contribution in [0.1, 0.15) is 58.7 Å². The van der Waals surface area contributed by atoms with Gasteiger partial charge in [0.2, 0.25) is 0 Å². The third-order valence-corrected chi connectivity index (χ3v) is 6.92. The maximum absolute atomic E-state index is 13.1. The molecule has 1 aliphatic heterocycles. The van der Waals surface area contributed by atoms with Gasteiger partial charge in [-0.15, -0.1) is 0 Å². The van der Waals surface area contributed by atoms with Crippen molar-refractivity contribution in [3.63, 3.8) is 0 Å². The zero-order valence-electron chi connectivity index (χ0n) is 17.2. The standard InChI is InChI=1S/C22H27N7O/c30-22(19-15-5-1-3-7-17(15)24-25-19)28-13-11-27(12-14-28)21-20-16-6-2-4-8-18(16)26-29(20)10-9-23-21/h9-10H,1-8,11-14H2,(H,24,25). The number of piperazine rings is 1. The van der Waals surface area contributed by atoms with Crippen molar-refractivity contribution in [3.8, 4) is 0 Å². The van der Waals surface area contributed by atoms with Crippen molar-refractivity contribution in [2.24, 2.45) is 0 Å². The number of aromatic nitrogens is 5. The highest BCUT2D eigenvalue weighted by Crippen LogP contribution is 2.31. The van der Waals surface area contributed by atoms with Crippen molar-refractivity contribution in [1.82, 2.24) is 29.7 Å². The largest absolute Gasteiger partial charge is 0.351 e. The van der Waals surface area contributed by atoms with Crippen molar-refractivity contribution in [2.75, 3.05) is 31.1 Å². The summed E-state index contributed by atoms with van der Waals surface area (Å²) in [5.41, 5.74) is 6.70. The molecule has 1 fully saturated rings. The van der Waals surface area contributed by atoms with Gasteiger partial charge in [0.05, 0.1) is 5.69 Å². The smallest absolute Gasteiger partial charge is 0.274 e. The Morgan fingerprint density at radius 1 is 0.933 bits per heavy atom. The lowest BCUT2D eigenvalue weighted by molar-refractivity contribution is 0.0739. The Morgan fingerprint density at radius 2 is 1.70 bits per heavy atom. The number of fused-ring (bicyclic) bond motifs is 4. The molecule has 6 rings (SSSR count). The van der Waals surface area contributed by atoms with E-state index in [1.54, 1.807) is 0 Å². The summed E-state index contributed by atoms with van der Waals surface area (Å²) in [4.78, 5) is 22.1. The second-order valence-electron chi connectivity index (χ2n) is 8.69. The van der Waals surface area contributed by atoms with E-state index in [2.05, 4.69) is 15.1 Å². The minimum atomic E-state index is 0.0712. The molecule has 0 aromatic carbocycles. The van der Waals surface area contributed by atoms with E-state index in [0.29, 0.717) is 18.8 Å². The van der Waals surface area contributed by atoms with E-state index < -0.39 is 0 Å². The van der Waals surface area contributed by atoms with Gasteiger partial charge in [0, 0.05) is 55.4 Å². The number of nitrogens with one attached hydrogen (secondary N) is 1. The predicted molar refractivity (Wildman–Crippen MR) is 113 cm³/mol. The molecule has 0 radical (unpaired) electrons. The number of aromatic amines is 1. The minimum absolute atomic E-state index is 0.0712. The fourth-order valence-corrected chi connectivity index (χ4v) is 5.31. The van der Waals surface area contributed by atoms with E-state index in [1.807, 2.05) is 21.8 Å². The second kappa shape index (κ2) is 7.11. The van der Waals surface area contributed by atoms with Crippen LogP contribution in [0.25, 0.3) is 5.52 Å². The lowest BCUT2D eigenvalue weighted by Gasteiger charge is -2.35. The van der Waals surface area contributed by atoms with Gasteiger partial charge in [-0.1, -0.05) is 0 Å². The highest BCUT2D eigenvalue weighted by molar-refractivity contribution is 5.94. The average Bonchev–Trinajstić information content (AvgIpc) is 3.40. The van der Waals surface area contributed by atoms with Crippen molar-refractivity contribution in [2.45, 2.75) is 51.4 Å². The van der Waals surface area contributed by atoms with Gasteiger partial charge in [0.25, 0.3) is 5.91 Å². The van der Waals surface area contributed by atoms with Gasteiger partial charge < -0.3 is 9.80 Å². The van der Waals surface area contributed by atoms with Crippen LogP contribution in [0.5, 0.6) is 0 Å². The van der Waals surface area contributed by atoms with Crippen LogP contribution in [0.3, 0.4) is 0 Å². The third-order valence-electron chi connectivity index (χ3n) is 6.92. The van der Waals surface area contributed by atoms with Crippen molar-refractivity contribution >= 4 is 17.2 Å². The van der Waals surface area contributed by atoms with Crippen molar-refractivity contribution in [1.29, 1.82) is 0 Å². The predicted octanol–water partition coefficient (Wildman–Crippen LogP) is 2.17. The summed E-state index contributed by atoms with van der Waals surface area (Å²) in [6.07, 6.45) is 12.7. The van der Waals surface area contributed by atoms with Gasteiger partial charge in [0.1, 0.15) is 5.52 Å². The molecule has 0 saturated carbocycles. The van der Waals surface area contributed by atoms with Gasteiger partial charge in [-0.25, -0.2) is 9.50 Å². The van der Waals surface area contributed by atoms with Crippen LogP contribution in [-0.2, 0) is 25.7 Å². The molecule has 156 valence electrons. The van der Waals surface area contributed by atoms with Gasteiger partial charge in [-0.2, -0.15) is 10.2 Å². The first-order valence-electron chi connectivity index (χ1n) is 11.2. The Labute approximate surface area is 175 Å². The first-order chi connectivity index (χ1) is 14.8. The van der Waals surface area contributed by atoms with E-state index in [-0.39, 0.29) is 5.91 Å². The van der Waals surface area contributed by atoms with Crippen LogP contribution in [0.4, 0.5) is 5.82 Å². The Bertz CT molecular complexity index is 1110. The van der Waals surface area contributed by atoms with Crippen LogP contribution in [0, 0.1) is 0 Å². The maximum atomic E-state index is 13.1.